The van der Waals surface area contributed by atoms with Gasteiger partial charge in [-0.3, -0.25) is 0 Å². The molecule has 1 atom stereocenters. The molecule has 1 N–H and O–H groups in total. The van der Waals surface area contributed by atoms with Crippen LogP contribution >= 0.6 is 39.1 Å². The molecule has 2 aromatic rings. The van der Waals surface area contributed by atoms with Gasteiger partial charge in [0.05, 0.1) is 23.2 Å². The normalized spacial score (nSPS) is 12.2. The van der Waals surface area contributed by atoms with Gasteiger partial charge in [0, 0.05) is 4.47 Å². The molecule has 0 spiro atoms. The molecule has 0 amide bonds. The lowest BCUT2D eigenvalue weighted by Gasteiger charge is -2.20. The molecule has 0 aliphatic rings. The summed E-state index contributed by atoms with van der Waals surface area (Å²) in [4.78, 5) is 0. The Balaban J connectivity index is 2.49. The average molecular weight is 375 g/mol. The molecular formula is C15H14BrCl2NO. The van der Waals surface area contributed by atoms with Crippen molar-refractivity contribution in [2.45, 2.75) is 6.04 Å². The monoisotopic (exact) mass is 373 g/mol. The van der Waals surface area contributed by atoms with Crippen LogP contribution in [0.5, 0.6) is 5.75 Å². The molecule has 2 aromatic carbocycles. The Bertz CT molecular complexity index is 619. The molecule has 0 saturated carbocycles. The maximum absolute atomic E-state index is 6.38. The fraction of sp³-hybridized carbons (Fsp3) is 0.200. The summed E-state index contributed by atoms with van der Waals surface area (Å²) in [5.41, 5.74) is 2.03. The standard InChI is InChI=1S/C15H14BrCl2NO/c1-19-15(10-4-3-5-11(16)14(10)18)9-6-7-12(17)13(8-9)20-2/h3-8,15,19H,1-2H3. The van der Waals surface area contributed by atoms with Crippen LogP contribution in [-0.4, -0.2) is 14.2 Å². The number of ether oxygens (including phenoxy) is 1. The lowest BCUT2D eigenvalue weighted by atomic mass is 9.98. The maximum Gasteiger partial charge on any atom is 0.137 e. The minimum absolute atomic E-state index is 0.0360. The van der Waals surface area contributed by atoms with Crippen molar-refractivity contribution in [3.8, 4) is 5.75 Å². The first-order chi connectivity index (χ1) is 9.58. The lowest BCUT2D eigenvalue weighted by molar-refractivity contribution is 0.414. The number of hydrogen-bond donors (Lipinski definition) is 1. The lowest BCUT2D eigenvalue weighted by Crippen LogP contribution is -2.18. The van der Waals surface area contributed by atoms with Crippen molar-refractivity contribution < 1.29 is 4.74 Å². The minimum Gasteiger partial charge on any atom is -0.495 e. The van der Waals surface area contributed by atoms with Crippen LogP contribution in [-0.2, 0) is 0 Å². The summed E-state index contributed by atoms with van der Waals surface area (Å²) < 4.78 is 6.14. The fourth-order valence-electron chi connectivity index (χ4n) is 2.10. The van der Waals surface area contributed by atoms with E-state index in [1.165, 1.54) is 0 Å². The van der Waals surface area contributed by atoms with Gasteiger partial charge in [-0.1, -0.05) is 41.4 Å². The number of benzene rings is 2. The van der Waals surface area contributed by atoms with E-state index in [1.54, 1.807) is 7.11 Å². The molecule has 0 fully saturated rings. The molecule has 5 heteroatoms. The first-order valence-corrected chi connectivity index (χ1v) is 7.58. The molecule has 2 nitrogen and oxygen atoms in total. The zero-order valence-electron chi connectivity index (χ0n) is 11.1. The van der Waals surface area contributed by atoms with Crippen LogP contribution in [0.15, 0.2) is 40.9 Å². The summed E-state index contributed by atoms with van der Waals surface area (Å²) in [5, 5.41) is 4.55. The first kappa shape index (κ1) is 15.6. The predicted molar refractivity (Wildman–Crippen MR) is 88.1 cm³/mol. The summed E-state index contributed by atoms with van der Waals surface area (Å²) in [6.07, 6.45) is 0. The molecule has 2 rings (SSSR count). The number of hydrogen-bond acceptors (Lipinski definition) is 2. The summed E-state index contributed by atoms with van der Waals surface area (Å²) in [6, 6.07) is 11.5. The van der Waals surface area contributed by atoms with E-state index in [9.17, 15) is 0 Å². The summed E-state index contributed by atoms with van der Waals surface area (Å²) in [7, 11) is 3.49. The van der Waals surface area contributed by atoms with E-state index in [0.29, 0.717) is 15.8 Å². The Morgan fingerprint density at radius 2 is 1.95 bits per heavy atom. The van der Waals surface area contributed by atoms with Crippen molar-refractivity contribution >= 4 is 39.1 Å². The molecule has 0 aromatic heterocycles. The van der Waals surface area contributed by atoms with Crippen LogP contribution in [0.2, 0.25) is 10.0 Å². The molecular weight excluding hydrogens is 361 g/mol. The zero-order valence-corrected chi connectivity index (χ0v) is 14.2. The molecule has 0 heterocycles. The van der Waals surface area contributed by atoms with E-state index < -0.39 is 0 Å². The average Bonchev–Trinajstić information content (AvgIpc) is 2.45. The summed E-state index contributed by atoms with van der Waals surface area (Å²) >= 11 is 15.9. The molecule has 0 aliphatic carbocycles. The van der Waals surface area contributed by atoms with E-state index in [2.05, 4.69) is 21.2 Å². The van der Waals surface area contributed by atoms with Gasteiger partial charge in [0.25, 0.3) is 0 Å². The van der Waals surface area contributed by atoms with Gasteiger partial charge in [-0.25, -0.2) is 0 Å². The molecule has 20 heavy (non-hydrogen) atoms. The smallest absolute Gasteiger partial charge is 0.137 e. The van der Waals surface area contributed by atoms with Crippen molar-refractivity contribution in [1.82, 2.24) is 5.32 Å². The van der Waals surface area contributed by atoms with Gasteiger partial charge in [-0.15, -0.1) is 0 Å². The fourth-order valence-corrected chi connectivity index (χ4v) is 2.91. The van der Waals surface area contributed by atoms with Crippen LogP contribution in [0.4, 0.5) is 0 Å². The van der Waals surface area contributed by atoms with Crippen LogP contribution in [0.1, 0.15) is 17.2 Å². The third-order valence-corrected chi connectivity index (χ3v) is 4.71. The van der Waals surface area contributed by atoms with Crippen LogP contribution < -0.4 is 10.1 Å². The molecule has 0 radical (unpaired) electrons. The van der Waals surface area contributed by atoms with Crippen molar-refractivity contribution in [2.24, 2.45) is 0 Å². The topological polar surface area (TPSA) is 21.3 Å². The molecule has 0 bridgehead atoms. The third-order valence-electron chi connectivity index (χ3n) is 3.09. The number of methoxy groups -OCH3 is 1. The zero-order chi connectivity index (χ0) is 14.7. The van der Waals surface area contributed by atoms with Crippen LogP contribution in [0, 0.1) is 0 Å². The first-order valence-electron chi connectivity index (χ1n) is 6.03. The van der Waals surface area contributed by atoms with Gasteiger partial charge in [0.1, 0.15) is 5.75 Å². The Labute approximate surface area is 137 Å². The highest BCUT2D eigenvalue weighted by atomic mass is 79.9. The second-order valence-corrected chi connectivity index (χ2v) is 5.90. The Hall–Kier alpha value is -0.740. The molecule has 1 unspecified atom stereocenters. The highest BCUT2D eigenvalue weighted by molar-refractivity contribution is 9.10. The maximum atomic E-state index is 6.38. The molecule has 0 aliphatic heterocycles. The minimum atomic E-state index is -0.0360. The van der Waals surface area contributed by atoms with E-state index in [-0.39, 0.29) is 6.04 Å². The molecule has 106 valence electrons. The van der Waals surface area contributed by atoms with Crippen molar-refractivity contribution in [3.63, 3.8) is 0 Å². The Morgan fingerprint density at radius 3 is 2.60 bits per heavy atom. The highest BCUT2D eigenvalue weighted by Crippen LogP contribution is 2.35. The van der Waals surface area contributed by atoms with Crippen molar-refractivity contribution in [1.29, 1.82) is 0 Å². The Kier molecular flexibility index (Phi) is 5.33. The second kappa shape index (κ2) is 6.81. The number of rotatable bonds is 4. The van der Waals surface area contributed by atoms with Gasteiger partial charge in [-0.2, -0.15) is 0 Å². The van der Waals surface area contributed by atoms with Gasteiger partial charge in [-0.05, 0) is 52.3 Å². The summed E-state index contributed by atoms with van der Waals surface area (Å²) in [5.74, 6) is 0.649. The molecule has 0 saturated heterocycles. The SMILES string of the molecule is CNC(c1ccc(Cl)c(OC)c1)c1cccc(Br)c1Cl. The van der Waals surface area contributed by atoms with E-state index >= 15 is 0 Å². The third kappa shape index (κ3) is 3.12. The van der Waals surface area contributed by atoms with Crippen LogP contribution in [0.3, 0.4) is 0 Å². The highest BCUT2D eigenvalue weighted by Gasteiger charge is 2.17. The van der Waals surface area contributed by atoms with Gasteiger partial charge < -0.3 is 10.1 Å². The number of halogens is 3. The quantitative estimate of drug-likeness (QED) is 0.806. The van der Waals surface area contributed by atoms with Gasteiger partial charge in [0.2, 0.25) is 0 Å². The van der Waals surface area contributed by atoms with Gasteiger partial charge >= 0.3 is 0 Å². The largest absolute Gasteiger partial charge is 0.495 e. The van der Waals surface area contributed by atoms with E-state index in [1.807, 2.05) is 43.4 Å². The number of nitrogens with one attached hydrogen (secondary N) is 1. The predicted octanol–water partition coefficient (Wildman–Crippen LogP) is 5.07. The van der Waals surface area contributed by atoms with Crippen molar-refractivity contribution in [2.75, 3.05) is 14.2 Å². The Morgan fingerprint density at radius 1 is 1.20 bits per heavy atom. The van der Waals surface area contributed by atoms with E-state index in [0.717, 1.165) is 15.6 Å². The van der Waals surface area contributed by atoms with Crippen molar-refractivity contribution in [3.05, 3.63) is 62.0 Å². The van der Waals surface area contributed by atoms with Crippen LogP contribution in [0.25, 0.3) is 0 Å². The second-order valence-electron chi connectivity index (χ2n) is 4.26. The summed E-state index contributed by atoms with van der Waals surface area (Å²) in [6.45, 7) is 0. The van der Waals surface area contributed by atoms with E-state index in [4.69, 9.17) is 27.9 Å². The van der Waals surface area contributed by atoms with Gasteiger partial charge in [0.15, 0.2) is 0 Å².